The van der Waals surface area contributed by atoms with E-state index in [0.29, 0.717) is 10.6 Å². The molecule has 0 aliphatic carbocycles. The van der Waals surface area contributed by atoms with Gasteiger partial charge in [-0.1, -0.05) is 0 Å². The molecule has 0 saturated carbocycles. The minimum absolute atomic E-state index is 0.00440. The van der Waals surface area contributed by atoms with E-state index in [9.17, 15) is 18.6 Å². The maximum Gasteiger partial charge on any atom is 0.155 e. The van der Waals surface area contributed by atoms with E-state index in [4.69, 9.17) is 5.41 Å². The molecule has 0 aromatic carbocycles. The summed E-state index contributed by atoms with van der Waals surface area (Å²) >= 11 is 1.39. The van der Waals surface area contributed by atoms with Crippen molar-refractivity contribution >= 4 is 32.6 Å². The third-order valence-corrected chi connectivity index (χ3v) is 6.86. The van der Waals surface area contributed by atoms with Gasteiger partial charge in [-0.25, -0.2) is 13.4 Å². The number of sulfone groups is 1. The summed E-state index contributed by atoms with van der Waals surface area (Å²) in [4.78, 5) is 6.81. The molecule has 2 aliphatic rings. The predicted octanol–water partition coefficient (Wildman–Crippen LogP) is 0.480. The van der Waals surface area contributed by atoms with Gasteiger partial charge in [-0.2, -0.15) is 0 Å². The molecular formula is C13H17N3O4S2. The molecule has 9 heteroatoms. The largest absolute Gasteiger partial charge is 0.510 e. The van der Waals surface area contributed by atoms with Crippen molar-refractivity contribution in [3.05, 3.63) is 21.3 Å². The quantitative estimate of drug-likeness (QED) is 0.719. The van der Waals surface area contributed by atoms with Crippen LogP contribution in [0.3, 0.4) is 0 Å². The van der Waals surface area contributed by atoms with Crippen LogP contribution in [0.2, 0.25) is 0 Å². The molecule has 1 aromatic rings. The fraction of sp³-hybridized carbons (Fsp3) is 0.538. The molecule has 0 spiro atoms. The van der Waals surface area contributed by atoms with Gasteiger partial charge in [0.25, 0.3) is 0 Å². The van der Waals surface area contributed by atoms with Crippen LogP contribution >= 0.6 is 11.3 Å². The van der Waals surface area contributed by atoms with E-state index in [-0.39, 0.29) is 29.6 Å². The van der Waals surface area contributed by atoms with Gasteiger partial charge >= 0.3 is 0 Å². The molecule has 3 rings (SSSR count). The van der Waals surface area contributed by atoms with E-state index in [1.165, 1.54) is 16.2 Å². The number of nitrogens with one attached hydrogen (secondary N) is 1. The summed E-state index contributed by atoms with van der Waals surface area (Å²) in [5, 5.41) is 29.0. The van der Waals surface area contributed by atoms with Gasteiger partial charge in [-0.3, -0.25) is 5.41 Å². The van der Waals surface area contributed by atoms with E-state index in [1.54, 1.807) is 0 Å². The Balaban J connectivity index is 1.90. The summed E-state index contributed by atoms with van der Waals surface area (Å²) in [7, 11) is -3.31. The third kappa shape index (κ3) is 2.42. The summed E-state index contributed by atoms with van der Waals surface area (Å²) in [6, 6.07) is -0.695. The second kappa shape index (κ2) is 5.04. The van der Waals surface area contributed by atoms with Crippen LogP contribution in [-0.2, 0) is 9.84 Å². The summed E-state index contributed by atoms with van der Waals surface area (Å²) in [6.45, 7) is 3.80. The highest BCUT2D eigenvalue weighted by Crippen LogP contribution is 2.34. The molecule has 120 valence electrons. The number of amidine groups is 1. The lowest BCUT2D eigenvalue weighted by molar-refractivity contribution is 0.124. The molecule has 1 fully saturated rings. The molecule has 2 atom stereocenters. The van der Waals surface area contributed by atoms with E-state index < -0.39 is 22.0 Å². The van der Waals surface area contributed by atoms with E-state index >= 15 is 0 Å². The fourth-order valence-electron chi connectivity index (χ4n) is 2.80. The van der Waals surface area contributed by atoms with Gasteiger partial charge < -0.3 is 15.1 Å². The molecule has 0 radical (unpaired) electrons. The van der Waals surface area contributed by atoms with Crippen LogP contribution in [0.4, 0.5) is 0 Å². The summed E-state index contributed by atoms with van der Waals surface area (Å²) in [6.07, 6.45) is -1.04. The molecular weight excluding hydrogens is 326 g/mol. The lowest BCUT2D eigenvalue weighted by atomic mass is 10.2. The molecule has 22 heavy (non-hydrogen) atoms. The molecule has 7 nitrogen and oxygen atoms in total. The van der Waals surface area contributed by atoms with Gasteiger partial charge in [0.1, 0.15) is 16.6 Å². The van der Waals surface area contributed by atoms with Crippen molar-refractivity contribution in [3.63, 3.8) is 0 Å². The summed E-state index contributed by atoms with van der Waals surface area (Å²) in [5.74, 6) is -0.484. The number of hydrogen-bond donors (Lipinski definition) is 3. The Labute approximate surface area is 132 Å². The van der Waals surface area contributed by atoms with Gasteiger partial charge in [0.05, 0.1) is 41.5 Å². The number of nitrogens with zero attached hydrogens (tertiary/aromatic N) is 2. The zero-order valence-corrected chi connectivity index (χ0v) is 13.8. The smallest absolute Gasteiger partial charge is 0.155 e. The van der Waals surface area contributed by atoms with Crippen LogP contribution in [0.5, 0.6) is 0 Å². The Morgan fingerprint density at radius 3 is 2.55 bits per heavy atom. The first-order valence-electron chi connectivity index (χ1n) is 6.80. The maximum atomic E-state index is 11.7. The van der Waals surface area contributed by atoms with Gasteiger partial charge in [-0.15, -0.1) is 11.3 Å². The SMILES string of the molecule is Cc1nc(C2=C(O)CN([C@H]3CS(=O)(=O)C[C@@H]3O)C2=N)sc1C. The molecule has 0 bridgehead atoms. The van der Waals surface area contributed by atoms with Crippen LogP contribution < -0.4 is 0 Å². The average molecular weight is 343 g/mol. The minimum Gasteiger partial charge on any atom is -0.510 e. The zero-order valence-electron chi connectivity index (χ0n) is 12.2. The minimum atomic E-state index is -3.31. The highest BCUT2D eigenvalue weighted by Gasteiger charge is 2.44. The Morgan fingerprint density at radius 1 is 1.36 bits per heavy atom. The maximum absolute atomic E-state index is 11.7. The van der Waals surface area contributed by atoms with Gasteiger partial charge in [-0.05, 0) is 13.8 Å². The molecule has 0 unspecified atom stereocenters. The predicted molar refractivity (Wildman–Crippen MR) is 84.0 cm³/mol. The Morgan fingerprint density at radius 2 is 2.05 bits per heavy atom. The van der Waals surface area contributed by atoms with Crippen molar-refractivity contribution in [2.75, 3.05) is 18.1 Å². The Hall–Kier alpha value is -1.45. The van der Waals surface area contributed by atoms with Crippen LogP contribution in [0, 0.1) is 19.3 Å². The Kier molecular flexibility index (Phi) is 3.54. The van der Waals surface area contributed by atoms with Crippen molar-refractivity contribution < 1.29 is 18.6 Å². The van der Waals surface area contributed by atoms with Gasteiger partial charge in [0.15, 0.2) is 9.84 Å². The normalized spacial score (nSPS) is 28.0. The number of aryl methyl sites for hydroxylation is 2. The van der Waals surface area contributed by atoms with E-state index in [0.717, 1.165) is 10.6 Å². The lowest BCUT2D eigenvalue weighted by Crippen LogP contribution is -2.44. The standard InChI is InChI=1S/C13H17N3O4S2/c1-6-7(2)21-13(15-6)11-9(17)3-16(12(11)14)8-4-22(19,20)5-10(8)18/h8,10,14,17-18H,3-5H2,1-2H3/t8-,10-/m0/s1. The fourth-order valence-corrected chi connectivity index (χ4v) is 5.58. The number of thiazole rings is 1. The third-order valence-electron chi connectivity index (χ3n) is 4.07. The van der Waals surface area contributed by atoms with Crippen LogP contribution in [0.25, 0.3) is 5.57 Å². The molecule has 1 saturated heterocycles. The number of hydrogen-bond acceptors (Lipinski definition) is 7. The highest BCUT2D eigenvalue weighted by atomic mass is 32.2. The van der Waals surface area contributed by atoms with Crippen molar-refractivity contribution in [2.24, 2.45) is 0 Å². The van der Waals surface area contributed by atoms with Crippen molar-refractivity contribution in [1.29, 1.82) is 5.41 Å². The van der Waals surface area contributed by atoms with Gasteiger partial charge in [0, 0.05) is 4.88 Å². The molecule has 1 aromatic heterocycles. The van der Waals surface area contributed by atoms with Crippen molar-refractivity contribution in [1.82, 2.24) is 9.88 Å². The first-order chi connectivity index (χ1) is 10.2. The zero-order chi connectivity index (χ0) is 16.2. The van der Waals surface area contributed by atoms with Crippen LogP contribution in [0.1, 0.15) is 15.6 Å². The van der Waals surface area contributed by atoms with Crippen molar-refractivity contribution in [2.45, 2.75) is 26.0 Å². The number of aliphatic hydroxyl groups excluding tert-OH is 2. The van der Waals surface area contributed by atoms with Crippen LogP contribution in [-0.4, -0.2) is 64.5 Å². The van der Waals surface area contributed by atoms with Crippen LogP contribution in [0.15, 0.2) is 5.76 Å². The number of aromatic nitrogens is 1. The molecule has 0 amide bonds. The first-order valence-corrected chi connectivity index (χ1v) is 9.44. The van der Waals surface area contributed by atoms with Crippen molar-refractivity contribution in [3.8, 4) is 0 Å². The number of aliphatic hydroxyl groups is 2. The van der Waals surface area contributed by atoms with Gasteiger partial charge in [0.2, 0.25) is 0 Å². The second-order valence-electron chi connectivity index (χ2n) is 5.67. The number of rotatable bonds is 2. The average Bonchev–Trinajstić information content (AvgIpc) is 2.96. The molecule has 3 N–H and O–H groups in total. The highest BCUT2D eigenvalue weighted by molar-refractivity contribution is 7.91. The summed E-state index contributed by atoms with van der Waals surface area (Å²) < 4.78 is 23.3. The second-order valence-corrected chi connectivity index (χ2v) is 9.03. The summed E-state index contributed by atoms with van der Waals surface area (Å²) in [5.41, 5.74) is 1.17. The first kappa shape index (κ1) is 15.4. The van der Waals surface area contributed by atoms with E-state index in [1.807, 2.05) is 13.8 Å². The van der Waals surface area contributed by atoms with E-state index in [2.05, 4.69) is 4.98 Å². The topological polar surface area (TPSA) is 115 Å². The monoisotopic (exact) mass is 343 g/mol. The molecule has 2 aliphatic heterocycles. The lowest BCUT2D eigenvalue weighted by Gasteiger charge is -2.27. The molecule has 3 heterocycles. The Bertz CT molecular complexity index is 762.